The Morgan fingerprint density at radius 3 is 3.00 bits per heavy atom. The van der Waals surface area contributed by atoms with Crippen LogP contribution in [-0.4, -0.2) is 18.3 Å². The van der Waals surface area contributed by atoms with Crippen LogP contribution >= 0.6 is 15.9 Å². The van der Waals surface area contributed by atoms with Crippen LogP contribution < -0.4 is 5.56 Å². The molecule has 2 rings (SSSR count). The van der Waals surface area contributed by atoms with Crippen molar-refractivity contribution < 1.29 is 4.74 Å². The summed E-state index contributed by atoms with van der Waals surface area (Å²) >= 11 is 3.37. The molecule has 0 amide bonds. The van der Waals surface area contributed by atoms with Crippen LogP contribution in [0.4, 0.5) is 0 Å². The molecule has 88 valence electrons. The minimum atomic E-state index is 0.134. The fraction of sp³-hybridized carbons (Fsp3) is 0.583. The van der Waals surface area contributed by atoms with Crippen LogP contribution in [0.3, 0.4) is 0 Å². The van der Waals surface area contributed by atoms with Crippen molar-refractivity contribution in [3.63, 3.8) is 0 Å². The maximum Gasteiger partial charge on any atom is 0.254 e. The van der Waals surface area contributed by atoms with Gasteiger partial charge in [0.1, 0.15) is 0 Å². The molecule has 0 bridgehead atoms. The molecule has 0 unspecified atom stereocenters. The normalized spacial score (nSPS) is 14.1. The smallest absolute Gasteiger partial charge is 0.254 e. The minimum absolute atomic E-state index is 0.134. The molecule has 0 spiro atoms. The van der Waals surface area contributed by atoms with Crippen molar-refractivity contribution in [3.8, 4) is 0 Å². The highest BCUT2D eigenvalue weighted by atomic mass is 79.9. The van der Waals surface area contributed by atoms with E-state index in [-0.39, 0.29) is 5.56 Å². The summed E-state index contributed by atoms with van der Waals surface area (Å²) in [5.74, 6) is 0. The lowest BCUT2D eigenvalue weighted by atomic mass is 10.1. The van der Waals surface area contributed by atoms with Crippen LogP contribution in [0.25, 0.3) is 0 Å². The highest BCUT2D eigenvalue weighted by Crippen LogP contribution is 2.21. The molecule has 0 atom stereocenters. The van der Waals surface area contributed by atoms with E-state index in [1.54, 1.807) is 7.11 Å². The van der Waals surface area contributed by atoms with Crippen molar-refractivity contribution in [2.24, 2.45) is 0 Å². The number of halogens is 1. The fourth-order valence-electron chi connectivity index (χ4n) is 2.30. The number of hydrogen-bond donors (Lipinski definition) is 0. The molecule has 0 saturated heterocycles. The van der Waals surface area contributed by atoms with E-state index in [9.17, 15) is 4.79 Å². The summed E-state index contributed by atoms with van der Waals surface area (Å²) in [6.07, 6.45) is 3.28. The molecule has 16 heavy (non-hydrogen) atoms. The number of rotatable bonds is 4. The third-order valence-electron chi connectivity index (χ3n) is 3.09. The summed E-state index contributed by atoms with van der Waals surface area (Å²) in [4.78, 5) is 12.1. The Morgan fingerprint density at radius 1 is 1.50 bits per heavy atom. The van der Waals surface area contributed by atoms with Crippen molar-refractivity contribution in [1.29, 1.82) is 0 Å². The van der Waals surface area contributed by atoms with Crippen LogP contribution in [0.1, 0.15) is 23.2 Å². The van der Waals surface area contributed by atoms with Crippen LogP contribution in [0, 0.1) is 0 Å². The summed E-state index contributed by atoms with van der Waals surface area (Å²) in [6, 6.07) is 2.06. The van der Waals surface area contributed by atoms with Gasteiger partial charge in [0.25, 0.3) is 5.56 Å². The zero-order chi connectivity index (χ0) is 11.5. The predicted octanol–water partition coefficient (Wildman–Crippen LogP) is 1.88. The Bertz CT molecular complexity index is 439. The Kier molecular flexibility index (Phi) is 3.82. The van der Waals surface area contributed by atoms with Crippen molar-refractivity contribution >= 4 is 15.9 Å². The van der Waals surface area contributed by atoms with Crippen LogP contribution in [0.5, 0.6) is 0 Å². The summed E-state index contributed by atoms with van der Waals surface area (Å²) in [5, 5.41) is 0.631. The number of hydrogen-bond acceptors (Lipinski definition) is 2. The number of ether oxygens (including phenoxy) is 1. The van der Waals surface area contributed by atoms with E-state index in [2.05, 4.69) is 22.0 Å². The molecule has 0 N–H and O–H groups in total. The van der Waals surface area contributed by atoms with E-state index in [0.717, 1.165) is 24.8 Å². The Hall–Kier alpha value is -0.610. The second-order valence-corrected chi connectivity index (χ2v) is 4.64. The largest absolute Gasteiger partial charge is 0.383 e. The first-order valence-corrected chi connectivity index (χ1v) is 6.69. The van der Waals surface area contributed by atoms with Gasteiger partial charge in [0.15, 0.2) is 0 Å². The molecule has 1 aromatic heterocycles. The van der Waals surface area contributed by atoms with E-state index in [0.29, 0.717) is 18.5 Å². The average molecular weight is 286 g/mol. The number of aromatic nitrogens is 1. The van der Waals surface area contributed by atoms with Crippen molar-refractivity contribution in [2.75, 3.05) is 13.7 Å². The van der Waals surface area contributed by atoms with Gasteiger partial charge in [-0.15, -0.1) is 0 Å². The van der Waals surface area contributed by atoms with E-state index in [1.807, 2.05) is 4.57 Å². The van der Waals surface area contributed by atoms with Gasteiger partial charge in [-0.25, -0.2) is 0 Å². The highest BCUT2D eigenvalue weighted by molar-refractivity contribution is 9.08. The Morgan fingerprint density at radius 2 is 2.31 bits per heavy atom. The van der Waals surface area contributed by atoms with Crippen LogP contribution in [0.15, 0.2) is 10.9 Å². The van der Waals surface area contributed by atoms with Gasteiger partial charge < -0.3 is 9.30 Å². The van der Waals surface area contributed by atoms with Crippen LogP contribution in [-0.2, 0) is 29.5 Å². The predicted molar refractivity (Wildman–Crippen MR) is 67.2 cm³/mol. The number of alkyl halides is 1. The summed E-state index contributed by atoms with van der Waals surface area (Å²) < 4.78 is 6.95. The first-order valence-electron chi connectivity index (χ1n) is 5.57. The molecular formula is C12H16BrNO2. The van der Waals surface area contributed by atoms with Crippen LogP contribution in [0.2, 0.25) is 0 Å². The number of nitrogens with zero attached hydrogens (tertiary/aromatic N) is 1. The Balaban J connectivity index is 2.47. The monoisotopic (exact) mass is 285 g/mol. The second kappa shape index (κ2) is 5.15. The van der Waals surface area contributed by atoms with Gasteiger partial charge in [0.05, 0.1) is 6.61 Å². The first kappa shape index (κ1) is 11.9. The second-order valence-electron chi connectivity index (χ2n) is 4.08. The van der Waals surface area contributed by atoms with Gasteiger partial charge in [-0.2, -0.15) is 0 Å². The maximum absolute atomic E-state index is 12.1. The lowest BCUT2D eigenvalue weighted by Gasteiger charge is -2.13. The van der Waals surface area contributed by atoms with E-state index < -0.39 is 0 Å². The topological polar surface area (TPSA) is 31.2 Å². The standard InChI is InChI=1S/C12H16BrNO2/c1-16-6-5-14-11-4-2-3-9(11)7-10(8-13)12(14)15/h7H,2-6,8H2,1H3. The molecule has 0 radical (unpaired) electrons. The van der Waals surface area contributed by atoms with Crippen molar-refractivity contribution in [2.45, 2.75) is 31.1 Å². The third kappa shape index (κ3) is 2.09. The van der Waals surface area contributed by atoms with E-state index in [1.165, 1.54) is 11.3 Å². The molecule has 4 heteroatoms. The third-order valence-corrected chi connectivity index (χ3v) is 3.69. The Labute approximate surface area is 104 Å². The molecule has 0 aliphatic heterocycles. The number of fused-ring (bicyclic) bond motifs is 1. The molecule has 1 aliphatic rings. The van der Waals surface area contributed by atoms with E-state index in [4.69, 9.17) is 4.74 Å². The zero-order valence-corrected chi connectivity index (χ0v) is 11.0. The molecule has 1 heterocycles. The molecule has 0 saturated carbocycles. The van der Waals surface area contributed by atoms with Gasteiger partial charge in [-0.1, -0.05) is 15.9 Å². The number of methoxy groups -OCH3 is 1. The SMILES string of the molecule is COCCn1c2c(cc(CBr)c1=O)CCC2. The summed E-state index contributed by atoms with van der Waals surface area (Å²) in [7, 11) is 1.67. The fourth-order valence-corrected chi connectivity index (χ4v) is 2.70. The zero-order valence-electron chi connectivity index (χ0n) is 9.46. The molecule has 3 nitrogen and oxygen atoms in total. The van der Waals surface area contributed by atoms with Crippen molar-refractivity contribution in [1.82, 2.24) is 4.57 Å². The van der Waals surface area contributed by atoms with E-state index >= 15 is 0 Å². The van der Waals surface area contributed by atoms with Gasteiger partial charge >= 0.3 is 0 Å². The van der Waals surface area contributed by atoms with Gasteiger partial charge in [-0.05, 0) is 30.9 Å². The van der Waals surface area contributed by atoms with Gasteiger partial charge in [0.2, 0.25) is 0 Å². The van der Waals surface area contributed by atoms with Gasteiger partial charge in [-0.3, -0.25) is 4.79 Å². The molecule has 0 aromatic carbocycles. The summed E-state index contributed by atoms with van der Waals surface area (Å²) in [6.45, 7) is 1.26. The summed E-state index contributed by atoms with van der Waals surface area (Å²) in [5.41, 5.74) is 3.54. The van der Waals surface area contributed by atoms with Crippen molar-refractivity contribution in [3.05, 3.63) is 33.2 Å². The molecule has 0 fully saturated rings. The first-order chi connectivity index (χ1) is 7.77. The minimum Gasteiger partial charge on any atom is -0.383 e. The quantitative estimate of drug-likeness (QED) is 0.791. The lowest BCUT2D eigenvalue weighted by molar-refractivity contribution is 0.185. The lowest BCUT2D eigenvalue weighted by Crippen LogP contribution is -2.28. The molecular weight excluding hydrogens is 270 g/mol. The van der Waals surface area contributed by atoms with Gasteiger partial charge in [0, 0.05) is 30.2 Å². The number of pyridine rings is 1. The maximum atomic E-state index is 12.1. The number of aryl methyl sites for hydroxylation is 1. The highest BCUT2D eigenvalue weighted by Gasteiger charge is 2.18. The molecule has 1 aromatic rings. The molecule has 1 aliphatic carbocycles. The average Bonchev–Trinajstić information content (AvgIpc) is 2.75.